The number of likely N-dealkylation sites (tertiary alicyclic amines) is 1. The molecule has 170 valence electrons. The van der Waals surface area contributed by atoms with Gasteiger partial charge in [0.2, 0.25) is 5.91 Å². The van der Waals surface area contributed by atoms with Gasteiger partial charge in [-0.05, 0) is 43.0 Å². The maximum Gasteiger partial charge on any atom is 0.256 e. The van der Waals surface area contributed by atoms with E-state index in [1.165, 1.54) is 4.90 Å². The summed E-state index contributed by atoms with van der Waals surface area (Å²) < 4.78 is 27.0. The van der Waals surface area contributed by atoms with Gasteiger partial charge in [-0.1, -0.05) is 26.0 Å². The number of nitrogens with zero attached hydrogens (tertiary/aromatic N) is 1. The quantitative estimate of drug-likeness (QED) is 0.712. The molecule has 0 spiro atoms. The van der Waals surface area contributed by atoms with Crippen molar-refractivity contribution >= 4 is 23.4 Å². The molecule has 2 N–H and O–H groups in total. The smallest absolute Gasteiger partial charge is 0.256 e. The van der Waals surface area contributed by atoms with Crippen LogP contribution in [0.2, 0.25) is 0 Å². The van der Waals surface area contributed by atoms with Crippen LogP contribution >= 0.6 is 0 Å². The number of anilines is 1. The van der Waals surface area contributed by atoms with Crippen LogP contribution in [0.15, 0.2) is 42.5 Å². The molecule has 0 aromatic heterocycles. The average molecular weight is 443 g/mol. The molecule has 0 saturated carbocycles. The second-order valence-electron chi connectivity index (χ2n) is 8.33. The van der Waals surface area contributed by atoms with Crippen molar-refractivity contribution in [2.24, 2.45) is 11.8 Å². The third-order valence-corrected chi connectivity index (χ3v) is 5.41. The molecule has 2 aromatic carbocycles. The lowest BCUT2D eigenvalue weighted by Crippen LogP contribution is -2.41. The van der Waals surface area contributed by atoms with Crippen LogP contribution in [0.3, 0.4) is 0 Å². The lowest BCUT2D eigenvalue weighted by atomic mass is 9.95. The van der Waals surface area contributed by atoms with Crippen LogP contribution in [0.5, 0.6) is 0 Å². The van der Waals surface area contributed by atoms with Crippen molar-refractivity contribution < 1.29 is 23.2 Å². The first-order valence-electron chi connectivity index (χ1n) is 10.7. The van der Waals surface area contributed by atoms with Crippen molar-refractivity contribution in [3.8, 4) is 0 Å². The van der Waals surface area contributed by atoms with Crippen LogP contribution in [0, 0.1) is 23.5 Å². The molecule has 0 aliphatic carbocycles. The zero-order valence-corrected chi connectivity index (χ0v) is 18.2. The summed E-state index contributed by atoms with van der Waals surface area (Å²) in [4.78, 5) is 39.3. The number of hydrogen-bond acceptors (Lipinski definition) is 3. The van der Waals surface area contributed by atoms with E-state index >= 15 is 0 Å². The van der Waals surface area contributed by atoms with Crippen molar-refractivity contribution in [3.05, 3.63) is 65.2 Å². The number of hydrogen-bond donors (Lipinski definition) is 2. The minimum atomic E-state index is -0.901. The third-order valence-electron chi connectivity index (χ3n) is 5.41. The number of halogens is 2. The molecule has 0 atom stereocenters. The largest absolute Gasteiger partial charge is 0.352 e. The Balaban J connectivity index is 1.59. The Kier molecular flexibility index (Phi) is 7.56. The van der Waals surface area contributed by atoms with Crippen LogP contribution in [-0.4, -0.2) is 42.3 Å². The van der Waals surface area contributed by atoms with Crippen molar-refractivity contribution in [2.45, 2.75) is 26.7 Å². The number of rotatable bonds is 6. The van der Waals surface area contributed by atoms with Gasteiger partial charge in [0.1, 0.15) is 11.6 Å². The number of amides is 3. The van der Waals surface area contributed by atoms with Crippen LogP contribution < -0.4 is 10.6 Å². The lowest BCUT2D eigenvalue weighted by Gasteiger charge is -2.31. The number of carbonyl (C=O) groups is 3. The van der Waals surface area contributed by atoms with Gasteiger partial charge in [-0.3, -0.25) is 14.4 Å². The first-order valence-corrected chi connectivity index (χ1v) is 10.7. The van der Waals surface area contributed by atoms with Crippen molar-refractivity contribution in [1.82, 2.24) is 10.2 Å². The molecular weight excluding hydrogens is 416 g/mol. The average Bonchev–Trinajstić information content (AvgIpc) is 2.77. The van der Waals surface area contributed by atoms with E-state index in [-0.39, 0.29) is 36.4 Å². The molecule has 3 rings (SSSR count). The number of carbonyl (C=O) groups excluding carboxylic acids is 3. The van der Waals surface area contributed by atoms with Crippen molar-refractivity contribution in [3.63, 3.8) is 0 Å². The van der Waals surface area contributed by atoms with Gasteiger partial charge in [0, 0.05) is 31.6 Å². The zero-order chi connectivity index (χ0) is 23.3. The summed E-state index contributed by atoms with van der Waals surface area (Å²) in [5.74, 6) is -2.69. The standard InChI is InChI=1S/C24H27F2N3O3/c1-15(2)14-27-23(31)19-5-3-4-6-21(19)28-22(30)16-9-11-29(12-10-16)24(32)18-8-7-17(25)13-20(18)26/h3-8,13,15-16H,9-12,14H2,1-2H3,(H,27,31)(H,28,30). The van der Waals surface area contributed by atoms with Crippen molar-refractivity contribution in [2.75, 3.05) is 25.0 Å². The summed E-state index contributed by atoms with van der Waals surface area (Å²) in [7, 11) is 0. The third kappa shape index (κ3) is 5.69. The van der Waals surface area contributed by atoms with Gasteiger partial charge in [0.25, 0.3) is 11.8 Å². The SMILES string of the molecule is CC(C)CNC(=O)c1ccccc1NC(=O)C1CCN(C(=O)c2ccc(F)cc2F)CC1. The minimum absolute atomic E-state index is 0.185. The van der Waals surface area contributed by atoms with Crippen LogP contribution in [-0.2, 0) is 4.79 Å². The molecule has 1 aliphatic rings. The summed E-state index contributed by atoms with van der Waals surface area (Å²) in [6.45, 7) is 5.09. The Bertz CT molecular complexity index is 1000. The highest BCUT2D eigenvalue weighted by molar-refractivity contribution is 6.04. The molecule has 6 nitrogen and oxygen atoms in total. The normalized spacial score (nSPS) is 14.3. The fraction of sp³-hybridized carbons (Fsp3) is 0.375. The highest BCUT2D eigenvalue weighted by Gasteiger charge is 2.29. The maximum atomic E-state index is 13.9. The highest BCUT2D eigenvalue weighted by Crippen LogP contribution is 2.23. The second-order valence-corrected chi connectivity index (χ2v) is 8.33. The molecule has 0 bridgehead atoms. The highest BCUT2D eigenvalue weighted by atomic mass is 19.1. The summed E-state index contributed by atoms with van der Waals surface area (Å²) in [6, 6.07) is 9.68. The minimum Gasteiger partial charge on any atom is -0.352 e. The molecule has 1 saturated heterocycles. The van der Waals surface area contributed by atoms with Gasteiger partial charge in [-0.2, -0.15) is 0 Å². The van der Waals surface area contributed by atoms with Gasteiger partial charge in [-0.15, -0.1) is 0 Å². The van der Waals surface area contributed by atoms with E-state index in [4.69, 9.17) is 0 Å². The Morgan fingerprint density at radius 2 is 1.72 bits per heavy atom. The predicted octanol–water partition coefficient (Wildman–Crippen LogP) is 3.84. The molecule has 32 heavy (non-hydrogen) atoms. The summed E-state index contributed by atoms with van der Waals surface area (Å²) in [5, 5.41) is 5.68. The van der Waals surface area contributed by atoms with Crippen molar-refractivity contribution in [1.29, 1.82) is 0 Å². The summed E-state index contributed by atoms with van der Waals surface area (Å²) >= 11 is 0. The van der Waals surface area contributed by atoms with E-state index in [1.807, 2.05) is 13.8 Å². The van der Waals surface area contributed by atoms with Gasteiger partial charge in [0.05, 0.1) is 16.8 Å². The summed E-state index contributed by atoms with van der Waals surface area (Å²) in [6.07, 6.45) is 0.810. The topological polar surface area (TPSA) is 78.5 Å². The first-order chi connectivity index (χ1) is 15.3. The monoisotopic (exact) mass is 443 g/mol. The van der Waals surface area contributed by atoms with E-state index in [2.05, 4.69) is 10.6 Å². The molecule has 2 aromatic rings. The van der Waals surface area contributed by atoms with Gasteiger partial charge in [0.15, 0.2) is 0 Å². The number of nitrogens with one attached hydrogen (secondary N) is 2. The molecule has 1 heterocycles. The Labute approximate surface area is 186 Å². The Morgan fingerprint density at radius 3 is 2.38 bits per heavy atom. The Hall–Kier alpha value is -3.29. The van der Waals surface area contributed by atoms with Gasteiger partial charge >= 0.3 is 0 Å². The lowest BCUT2D eigenvalue weighted by molar-refractivity contribution is -0.121. The zero-order valence-electron chi connectivity index (χ0n) is 18.2. The molecular formula is C24H27F2N3O3. The van der Waals surface area contributed by atoms with E-state index in [0.717, 1.165) is 12.1 Å². The fourth-order valence-corrected chi connectivity index (χ4v) is 3.59. The van der Waals surface area contributed by atoms with E-state index in [0.29, 0.717) is 42.6 Å². The van der Waals surface area contributed by atoms with E-state index in [9.17, 15) is 23.2 Å². The molecule has 1 fully saturated rings. The van der Waals surface area contributed by atoms with Gasteiger partial charge in [-0.25, -0.2) is 8.78 Å². The predicted molar refractivity (Wildman–Crippen MR) is 117 cm³/mol. The molecule has 0 unspecified atom stereocenters. The van der Waals surface area contributed by atoms with Crippen LogP contribution in [0.1, 0.15) is 47.4 Å². The van der Waals surface area contributed by atoms with E-state index < -0.39 is 17.5 Å². The number of para-hydroxylation sites is 1. The second kappa shape index (κ2) is 10.3. The number of piperidine rings is 1. The molecule has 1 aliphatic heterocycles. The maximum absolute atomic E-state index is 13.9. The molecule has 8 heteroatoms. The molecule has 3 amide bonds. The summed E-state index contributed by atoms with van der Waals surface area (Å²) in [5.41, 5.74) is 0.641. The van der Waals surface area contributed by atoms with Crippen LogP contribution in [0.25, 0.3) is 0 Å². The van der Waals surface area contributed by atoms with E-state index in [1.54, 1.807) is 24.3 Å². The first kappa shape index (κ1) is 23.4. The fourth-order valence-electron chi connectivity index (χ4n) is 3.59. The Morgan fingerprint density at radius 1 is 1.03 bits per heavy atom. The number of benzene rings is 2. The van der Waals surface area contributed by atoms with Crippen LogP contribution in [0.4, 0.5) is 14.5 Å². The molecule has 0 radical (unpaired) electrons. The van der Waals surface area contributed by atoms with Gasteiger partial charge < -0.3 is 15.5 Å².